The topological polar surface area (TPSA) is 46.2 Å². The zero-order valence-electron chi connectivity index (χ0n) is 11.4. The molecule has 1 aliphatic rings. The number of para-hydroxylation sites is 1. The van der Waals surface area contributed by atoms with Crippen LogP contribution in [0.1, 0.15) is 22.8 Å². The summed E-state index contributed by atoms with van der Waals surface area (Å²) in [5.41, 5.74) is 3.44. The predicted octanol–water partition coefficient (Wildman–Crippen LogP) is 4.02. The van der Waals surface area contributed by atoms with Gasteiger partial charge in [-0.1, -0.05) is 36.4 Å². The van der Waals surface area contributed by atoms with Crippen molar-refractivity contribution in [3.63, 3.8) is 0 Å². The summed E-state index contributed by atoms with van der Waals surface area (Å²) in [4.78, 5) is 0. The zero-order chi connectivity index (χ0) is 14.2. The van der Waals surface area contributed by atoms with Gasteiger partial charge in [0.15, 0.2) is 5.75 Å². The van der Waals surface area contributed by atoms with Crippen molar-refractivity contribution in [1.82, 2.24) is 0 Å². The Morgan fingerprint density at radius 2 is 1.95 bits per heavy atom. The van der Waals surface area contributed by atoms with Crippen LogP contribution in [0.2, 0.25) is 0 Å². The maximum Gasteiger partial charge on any atom is 0.246 e. The number of furan rings is 1. The van der Waals surface area contributed by atoms with Gasteiger partial charge in [-0.25, -0.2) is 0 Å². The Labute approximate surface area is 122 Å². The van der Waals surface area contributed by atoms with Crippen molar-refractivity contribution in [2.24, 2.45) is 0 Å². The Bertz CT molecular complexity index is 857. The number of hydrogen-bond acceptors (Lipinski definition) is 3. The van der Waals surface area contributed by atoms with Crippen molar-refractivity contribution in [3.8, 4) is 11.8 Å². The number of ether oxygens (including phenoxy) is 1. The second-order valence-corrected chi connectivity index (χ2v) is 5.28. The number of rotatable bonds is 3. The molecule has 0 spiro atoms. The summed E-state index contributed by atoms with van der Waals surface area (Å²) in [7, 11) is 0. The molecule has 1 aromatic heterocycles. The van der Waals surface area contributed by atoms with E-state index in [9.17, 15) is 5.26 Å². The minimum absolute atomic E-state index is 0.254. The van der Waals surface area contributed by atoms with Crippen molar-refractivity contribution in [1.29, 1.82) is 5.26 Å². The van der Waals surface area contributed by atoms with Crippen LogP contribution in [0.3, 0.4) is 0 Å². The zero-order valence-corrected chi connectivity index (χ0v) is 11.4. The Morgan fingerprint density at radius 1 is 1.14 bits per heavy atom. The standard InChI is InChI=1S/C18H13NO2/c19-10-17-18(15-7-3-4-8-16(15)21-17)20-11-13-9-12-5-1-2-6-14(12)13/h1-8,13H,9,11H2. The summed E-state index contributed by atoms with van der Waals surface area (Å²) in [6, 6.07) is 18.1. The van der Waals surface area contributed by atoms with Crippen LogP contribution in [-0.4, -0.2) is 6.61 Å². The molecule has 0 N–H and O–H groups in total. The first-order chi connectivity index (χ1) is 10.4. The summed E-state index contributed by atoms with van der Waals surface area (Å²) >= 11 is 0. The van der Waals surface area contributed by atoms with Crippen molar-refractivity contribution in [2.45, 2.75) is 12.3 Å². The number of hydrogen-bond donors (Lipinski definition) is 0. The molecule has 0 amide bonds. The molecule has 0 saturated heterocycles. The molecule has 1 unspecified atom stereocenters. The Kier molecular flexibility index (Phi) is 2.68. The lowest BCUT2D eigenvalue weighted by atomic mass is 9.78. The predicted molar refractivity (Wildman–Crippen MR) is 79.3 cm³/mol. The lowest BCUT2D eigenvalue weighted by Gasteiger charge is -2.29. The van der Waals surface area contributed by atoms with Crippen LogP contribution in [0.4, 0.5) is 0 Å². The van der Waals surface area contributed by atoms with E-state index in [1.165, 1.54) is 11.1 Å². The van der Waals surface area contributed by atoms with Gasteiger partial charge in [-0.3, -0.25) is 0 Å². The van der Waals surface area contributed by atoms with E-state index in [0.717, 1.165) is 11.8 Å². The molecular weight excluding hydrogens is 262 g/mol. The average molecular weight is 275 g/mol. The van der Waals surface area contributed by atoms with Gasteiger partial charge in [-0.2, -0.15) is 5.26 Å². The van der Waals surface area contributed by atoms with E-state index in [1.807, 2.05) is 24.3 Å². The molecule has 0 saturated carbocycles. The van der Waals surface area contributed by atoms with E-state index in [-0.39, 0.29) is 5.76 Å². The first-order valence-electron chi connectivity index (χ1n) is 6.99. The van der Waals surface area contributed by atoms with Crippen molar-refractivity contribution in [3.05, 3.63) is 65.4 Å². The second-order valence-electron chi connectivity index (χ2n) is 5.28. The Hall–Kier alpha value is -2.73. The van der Waals surface area contributed by atoms with Crippen LogP contribution in [0, 0.1) is 11.3 Å². The summed E-state index contributed by atoms with van der Waals surface area (Å²) in [6.07, 6.45) is 1.04. The quantitative estimate of drug-likeness (QED) is 0.725. The molecule has 1 heterocycles. The van der Waals surface area contributed by atoms with Crippen molar-refractivity contribution < 1.29 is 9.15 Å². The van der Waals surface area contributed by atoms with Gasteiger partial charge >= 0.3 is 0 Å². The summed E-state index contributed by atoms with van der Waals surface area (Å²) in [5.74, 6) is 1.22. The summed E-state index contributed by atoms with van der Waals surface area (Å²) in [6.45, 7) is 0.579. The molecule has 2 aromatic carbocycles. The summed E-state index contributed by atoms with van der Waals surface area (Å²) < 4.78 is 11.4. The molecule has 3 nitrogen and oxygen atoms in total. The maximum atomic E-state index is 9.19. The largest absolute Gasteiger partial charge is 0.487 e. The number of nitrogens with zero attached hydrogens (tertiary/aromatic N) is 1. The molecule has 1 atom stereocenters. The van der Waals surface area contributed by atoms with Crippen molar-refractivity contribution >= 4 is 11.0 Å². The van der Waals surface area contributed by atoms with Gasteiger partial charge in [-0.15, -0.1) is 0 Å². The summed E-state index contributed by atoms with van der Waals surface area (Å²) in [5, 5.41) is 10.1. The van der Waals surface area contributed by atoms with E-state index in [0.29, 0.717) is 23.9 Å². The first kappa shape index (κ1) is 12.0. The Balaban J connectivity index is 1.60. The van der Waals surface area contributed by atoms with Crippen LogP contribution >= 0.6 is 0 Å². The highest BCUT2D eigenvalue weighted by atomic mass is 16.5. The van der Waals surface area contributed by atoms with E-state index in [4.69, 9.17) is 9.15 Å². The van der Waals surface area contributed by atoms with Crippen LogP contribution < -0.4 is 4.74 Å². The highest BCUT2D eigenvalue weighted by Crippen LogP contribution is 2.37. The molecule has 3 heteroatoms. The molecular formula is C18H13NO2. The smallest absolute Gasteiger partial charge is 0.246 e. The highest BCUT2D eigenvalue weighted by molar-refractivity contribution is 5.86. The molecule has 0 aliphatic heterocycles. The van der Waals surface area contributed by atoms with E-state index < -0.39 is 0 Å². The lowest BCUT2D eigenvalue weighted by Crippen LogP contribution is -2.23. The number of nitriles is 1. The Morgan fingerprint density at radius 3 is 2.81 bits per heavy atom. The minimum atomic E-state index is 0.254. The molecule has 1 aliphatic carbocycles. The van der Waals surface area contributed by atoms with Crippen molar-refractivity contribution in [2.75, 3.05) is 6.61 Å². The number of fused-ring (bicyclic) bond motifs is 2. The highest BCUT2D eigenvalue weighted by Gasteiger charge is 2.27. The molecule has 3 aromatic rings. The SMILES string of the molecule is N#Cc1oc2ccccc2c1OCC1Cc2ccccc21. The van der Waals surface area contributed by atoms with Crippen LogP contribution in [0.15, 0.2) is 52.9 Å². The minimum Gasteiger partial charge on any atom is -0.487 e. The fourth-order valence-electron chi connectivity index (χ4n) is 2.93. The van der Waals surface area contributed by atoms with Crippen LogP contribution in [0.25, 0.3) is 11.0 Å². The van der Waals surface area contributed by atoms with E-state index in [1.54, 1.807) is 0 Å². The van der Waals surface area contributed by atoms with Gasteiger partial charge < -0.3 is 9.15 Å². The fourth-order valence-corrected chi connectivity index (χ4v) is 2.93. The molecule has 4 rings (SSSR count). The van der Waals surface area contributed by atoms with Crippen LogP contribution in [-0.2, 0) is 6.42 Å². The molecule has 0 fully saturated rings. The van der Waals surface area contributed by atoms with E-state index in [2.05, 4.69) is 30.3 Å². The van der Waals surface area contributed by atoms with E-state index >= 15 is 0 Å². The molecule has 102 valence electrons. The lowest BCUT2D eigenvalue weighted by molar-refractivity contribution is 0.274. The normalized spacial score (nSPS) is 16.0. The molecule has 21 heavy (non-hydrogen) atoms. The van der Waals surface area contributed by atoms with Gasteiger partial charge in [0.2, 0.25) is 5.76 Å². The molecule has 0 bridgehead atoms. The first-order valence-corrected chi connectivity index (χ1v) is 6.99. The second kappa shape index (κ2) is 4.68. The van der Waals surface area contributed by atoms with Gasteiger partial charge in [0.25, 0.3) is 0 Å². The monoisotopic (exact) mass is 275 g/mol. The van der Waals surface area contributed by atoms with Crippen LogP contribution in [0.5, 0.6) is 5.75 Å². The van der Waals surface area contributed by atoms with Gasteiger partial charge in [0, 0.05) is 5.92 Å². The number of benzene rings is 2. The third-order valence-corrected chi connectivity index (χ3v) is 4.04. The molecule has 0 radical (unpaired) electrons. The third-order valence-electron chi connectivity index (χ3n) is 4.04. The van der Waals surface area contributed by atoms with Gasteiger partial charge in [0.05, 0.1) is 12.0 Å². The average Bonchev–Trinajstić information content (AvgIpc) is 2.86. The third kappa shape index (κ3) is 1.88. The van der Waals surface area contributed by atoms with Gasteiger partial charge in [-0.05, 0) is 29.7 Å². The van der Waals surface area contributed by atoms with Gasteiger partial charge in [0.1, 0.15) is 11.7 Å². The fraction of sp³-hybridized carbons (Fsp3) is 0.167. The maximum absolute atomic E-state index is 9.19.